The lowest BCUT2D eigenvalue weighted by Crippen LogP contribution is -1.98. The Balaban J connectivity index is 0.000000855. The molecule has 0 aliphatic heterocycles. The van der Waals surface area contributed by atoms with Crippen LogP contribution in [0.2, 0.25) is 5.02 Å². The molecule has 0 aliphatic carbocycles. The smallest absolute Gasteiger partial charge is 0.162 e. The van der Waals surface area contributed by atoms with Crippen molar-refractivity contribution in [1.82, 2.24) is 9.97 Å². The number of rotatable bonds is 4. The zero-order valence-corrected chi connectivity index (χ0v) is 17.2. The van der Waals surface area contributed by atoms with E-state index in [9.17, 15) is 4.39 Å². The second-order valence-electron chi connectivity index (χ2n) is 4.70. The number of halogens is 2. The molecule has 2 aromatic carbocycles. The number of nitrogens with zero attached hydrogens (tertiary/aromatic N) is 2. The number of benzene rings is 2. The minimum Gasteiger partial charge on any atom is -0.493 e. The molecule has 0 bridgehead atoms. The minimum atomic E-state index is -0.476. The van der Waals surface area contributed by atoms with Crippen molar-refractivity contribution in [1.29, 1.82) is 0 Å². The largest absolute Gasteiger partial charge is 0.493 e. The zero-order chi connectivity index (χ0) is 20.4. The van der Waals surface area contributed by atoms with E-state index < -0.39 is 5.82 Å². The molecule has 0 saturated heterocycles. The van der Waals surface area contributed by atoms with Crippen LogP contribution in [0.15, 0.2) is 36.7 Å². The maximum Gasteiger partial charge on any atom is 0.162 e. The van der Waals surface area contributed by atoms with Crippen LogP contribution >= 0.6 is 11.6 Å². The predicted molar refractivity (Wildman–Crippen MR) is 110 cm³/mol. The van der Waals surface area contributed by atoms with Gasteiger partial charge in [-0.25, -0.2) is 14.4 Å². The van der Waals surface area contributed by atoms with E-state index in [1.165, 1.54) is 18.5 Å². The number of anilines is 2. The van der Waals surface area contributed by atoms with Crippen molar-refractivity contribution in [3.63, 3.8) is 0 Å². The first-order valence-corrected chi connectivity index (χ1v) is 9.09. The molecule has 0 atom stereocenters. The quantitative estimate of drug-likeness (QED) is 0.568. The van der Waals surface area contributed by atoms with Crippen molar-refractivity contribution in [2.24, 2.45) is 0 Å². The summed E-state index contributed by atoms with van der Waals surface area (Å²) in [5, 5.41) is 3.88. The number of aromatic nitrogens is 2. The van der Waals surface area contributed by atoms with Crippen LogP contribution < -0.4 is 14.8 Å². The van der Waals surface area contributed by atoms with E-state index in [-0.39, 0.29) is 5.02 Å². The number of nitrogens with one attached hydrogen (secondary N) is 1. The van der Waals surface area contributed by atoms with Crippen LogP contribution in [0.3, 0.4) is 0 Å². The Morgan fingerprint density at radius 2 is 1.56 bits per heavy atom. The third-order valence-electron chi connectivity index (χ3n) is 3.32. The van der Waals surface area contributed by atoms with Gasteiger partial charge in [-0.3, -0.25) is 0 Å². The van der Waals surface area contributed by atoms with E-state index >= 15 is 0 Å². The van der Waals surface area contributed by atoms with Gasteiger partial charge in [-0.2, -0.15) is 0 Å². The molecule has 3 rings (SSSR count). The summed E-state index contributed by atoms with van der Waals surface area (Å²) in [5.41, 5.74) is 1.31. The van der Waals surface area contributed by atoms with Gasteiger partial charge in [0.1, 0.15) is 18.0 Å². The first kappa shape index (κ1) is 22.4. The summed E-state index contributed by atoms with van der Waals surface area (Å²) in [7, 11) is 3.12. The third-order valence-corrected chi connectivity index (χ3v) is 3.61. The highest BCUT2D eigenvalue weighted by Crippen LogP contribution is 2.34. The third kappa shape index (κ3) is 5.44. The summed E-state index contributed by atoms with van der Waals surface area (Å²) in [4.78, 5) is 8.46. The maximum absolute atomic E-state index is 13.3. The predicted octanol–water partition coefficient (Wildman–Crippen LogP) is 6.24. The molecule has 0 unspecified atom stereocenters. The Bertz CT molecular complexity index is 875. The highest BCUT2D eigenvalue weighted by atomic mass is 35.5. The van der Waals surface area contributed by atoms with Gasteiger partial charge in [0.2, 0.25) is 0 Å². The first-order chi connectivity index (χ1) is 13.1. The second-order valence-corrected chi connectivity index (χ2v) is 5.11. The van der Waals surface area contributed by atoms with Crippen LogP contribution in [0.5, 0.6) is 11.5 Å². The number of ether oxygens (including phenoxy) is 2. The lowest BCUT2D eigenvalue weighted by Gasteiger charge is -2.12. The Labute approximate surface area is 164 Å². The molecular formula is C20H25ClFN3O2. The van der Waals surface area contributed by atoms with E-state index in [0.717, 1.165) is 5.39 Å². The van der Waals surface area contributed by atoms with Gasteiger partial charge < -0.3 is 14.8 Å². The van der Waals surface area contributed by atoms with Crippen LogP contribution in [0.4, 0.5) is 15.9 Å². The topological polar surface area (TPSA) is 56.3 Å². The van der Waals surface area contributed by atoms with Gasteiger partial charge in [-0.15, -0.1) is 0 Å². The molecule has 3 aromatic rings. The van der Waals surface area contributed by atoms with Gasteiger partial charge in [-0.1, -0.05) is 39.3 Å². The molecule has 0 radical (unpaired) electrons. The van der Waals surface area contributed by atoms with E-state index in [1.54, 1.807) is 32.4 Å². The highest BCUT2D eigenvalue weighted by Gasteiger charge is 2.11. The summed E-state index contributed by atoms with van der Waals surface area (Å²) in [6.07, 6.45) is 1.43. The standard InChI is InChI=1S/C16H13ClFN3O2.2C2H6/c1-22-14-6-10-13(7-15(14)23-2)19-8-20-16(10)21-9-3-4-12(18)11(17)5-9;2*1-2/h3-8H,1-2H3,(H,19,20,21);2*1-2H3. The summed E-state index contributed by atoms with van der Waals surface area (Å²) in [6.45, 7) is 8.00. The van der Waals surface area contributed by atoms with Gasteiger partial charge in [0, 0.05) is 17.1 Å². The van der Waals surface area contributed by atoms with Gasteiger partial charge >= 0.3 is 0 Å². The van der Waals surface area contributed by atoms with Crippen molar-refractivity contribution in [3.05, 3.63) is 47.5 Å². The minimum absolute atomic E-state index is 0.0348. The number of methoxy groups -OCH3 is 2. The Morgan fingerprint density at radius 1 is 0.926 bits per heavy atom. The first-order valence-electron chi connectivity index (χ1n) is 8.71. The molecule has 0 spiro atoms. The van der Waals surface area contributed by atoms with E-state index in [2.05, 4.69) is 15.3 Å². The fourth-order valence-corrected chi connectivity index (χ4v) is 2.37. The molecule has 0 fully saturated rings. The van der Waals surface area contributed by atoms with Gasteiger partial charge in [0.15, 0.2) is 11.5 Å². The normalized spacial score (nSPS) is 9.48. The lowest BCUT2D eigenvalue weighted by atomic mass is 10.2. The van der Waals surface area contributed by atoms with Crippen LogP contribution in [0.1, 0.15) is 27.7 Å². The van der Waals surface area contributed by atoms with Crippen molar-refractivity contribution in [3.8, 4) is 11.5 Å². The van der Waals surface area contributed by atoms with E-state index in [1.807, 2.05) is 27.7 Å². The van der Waals surface area contributed by atoms with Crippen molar-refractivity contribution in [2.75, 3.05) is 19.5 Å². The Hall–Kier alpha value is -2.60. The van der Waals surface area contributed by atoms with E-state index in [4.69, 9.17) is 21.1 Å². The Kier molecular flexibility index (Phi) is 9.30. The zero-order valence-electron chi connectivity index (χ0n) is 16.4. The molecule has 1 N–H and O–H groups in total. The van der Waals surface area contributed by atoms with Crippen molar-refractivity contribution >= 4 is 34.0 Å². The molecule has 1 heterocycles. The average Bonchev–Trinajstić information content (AvgIpc) is 2.73. The average molecular weight is 394 g/mol. The molecule has 146 valence electrons. The SMILES string of the molecule is CC.CC.COc1cc2ncnc(Nc3ccc(F)c(Cl)c3)c2cc1OC. The van der Waals surface area contributed by atoms with Gasteiger partial charge in [0.25, 0.3) is 0 Å². The highest BCUT2D eigenvalue weighted by molar-refractivity contribution is 6.31. The van der Waals surface area contributed by atoms with Gasteiger partial charge in [-0.05, 0) is 24.3 Å². The number of hydrogen-bond acceptors (Lipinski definition) is 5. The van der Waals surface area contributed by atoms with Crippen LogP contribution in [0, 0.1) is 5.82 Å². The van der Waals surface area contributed by atoms with Crippen molar-refractivity contribution in [2.45, 2.75) is 27.7 Å². The lowest BCUT2D eigenvalue weighted by molar-refractivity contribution is 0.356. The van der Waals surface area contributed by atoms with Gasteiger partial charge in [0.05, 0.1) is 24.8 Å². The molecule has 0 amide bonds. The fraction of sp³-hybridized carbons (Fsp3) is 0.300. The number of fused-ring (bicyclic) bond motifs is 1. The summed E-state index contributed by atoms with van der Waals surface area (Å²) in [6, 6.07) is 7.90. The van der Waals surface area contributed by atoms with Crippen LogP contribution in [-0.4, -0.2) is 24.2 Å². The molecule has 0 saturated carbocycles. The molecule has 1 aromatic heterocycles. The van der Waals surface area contributed by atoms with Crippen LogP contribution in [0.25, 0.3) is 10.9 Å². The maximum atomic E-state index is 13.3. The second kappa shape index (κ2) is 11.2. The molecular weight excluding hydrogens is 369 g/mol. The molecule has 5 nitrogen and oxygen atoms in total. The van der Waals surface area contributed by atoms with Crippen LogP contribution in [-0.2, 0) is 0 Å². The summed E-state index contributed by atoms with van der Waals surface area (Å²) < 4.78 is 23.8. The Morgan fingerprint density at radius 3 is 2.15 bits per heavy atom. The monoisotopic (exact) mass is 393 g/mol. The molecule has 27 heavy (non-hydrogen) atoms. The summed E-state index contributed by atoms with van der Waals surface area (Å²) >= 11 is 5.80. The molecule has 0 aliphatic rings. The van der Waals surface area contributed by atoms with E-state index in [0.29, 0.717) is 28.5 Å². The molecule has 7 heteroatoms. The summed E-state index contributed by atoms with van der Waals surface area (Å²) in [5.74, 6) is 1.22. The van der Waals surface area contributed by atoms with Crippen molar-refractivity contribution < 1.29 is 13.9 Å². The number of hydrogen-bond donors (Lipinski definition) is 1. The fourth-order valence-electron chi connectivity index (χ4n) is 2.19.